The maximum Gasteiger partial charge on any atom is 0.0237 e. The van der Waals surface area contributed by atoms with Crippen LogP contribution in [0.1, 0.15) is 18.9 Å². The molecule has 2 rings (SSSR count). The largest absolute Gasteiger partial charge is 0.315 e. The fraction of sp³-hybridized carbons (Fsp3) is 0.538. The van der Waals surface area contributed by atoms with Gasteiger partial charge >= 0.3 is 0 Å². The van der Waals surface area contributed by atoms with Crippen molar-refractivity contribution in [2.45, 2.75) is 32.0 Å². The van der Waals surface area contributed by atoms with Crippen LogP contribution in [0.3, 0.4) is 0 Å². The average Bonchev–Trinajstić information content (AvgIpc) is 2.62. The summed E-state index contributed by atoms with van der Waals surface area (Å²) in [6, 6.07) is 12.0. The van der Waals surface area contributed by atoms with Crippen molar-refractivity contribution in [1.29, 1.82) is 0 Å². The van der Waals surface area contributed by atoms with E-state index in [2.05, 4.69) is 54.5 Å². The lowest BCUT2D eigenvalue weighted by Gasteiger charge is -2.24. The molecule has 1 aliphatic heterocycles. The molecule has 0 aliphatic carbocycles. The van der Waals surface area contributed by atoms with Gasteiger partial charge in [0.2, 0.25) is 0 Å². The van der Waals surface area contributed by atoms with Crippen LogP contribution >= 0.6 is 0 Å². The Balaban J connectivity index is 1.96. The number of hydrogen-bond donors (Lipinski definition) is 1. The van der Waals surface area contributed by atoms with Gasteiger partial charge in [-0.05, 0) is 26.0 Å². The van der Waals surface area contributed by atoms with E-state index in [0.717, 1.165) is 6.54 Å². The van der Waals surface area contributed by atoms with E-state index in [1.165, 1.54) is 18.5 Å². The summed E-state index contributed by atoms with van der Waals surface area (Å²) < 4.78 is 0. The quantitative estimate of drug-likeness (QED) is 0.808. The molecule has 0 saturated carbocycles. The van der Waals surface area contributed by atoms with Gasteiger partial charge in [-0.25, -0.2) is 0 Å². The van der Waals surface area contributed by atoms with Gasteiger partial charge in [0.1, 0.15) is 0 Å². The highest BCUT2D eigenvalue weighted by Gasteiger charge is 2.28. The summed E-state index contributed by atoms with van der Waals surface area (Å²) >= 11 is 0. The van der Waals surface area contributed by atoms with Crippen molar-refractivity contribution < 1.29 is 0 Å². The van der Waals surface area contributed by atoms with Crippen LogP contribution in [0, 0.1) is 0 Å². The number of likely N-dealkylation sites (tertiary alicyclic amines) is 1. The molecule has 2 heteroatoms. The van der Waals surface area contributed by atoms with E-state index in [9.17, 15) is 0 Å². The molecule has 2 unspecified atom stereocenters. The van der Waals surface area contributed by atoms with Crippen LogP contribution in [0.4, 0.5) is 0 Å². The molecule has 2 nitrogen and oxygen atoms in total. The molecule has 1 saturated heterocycles. The Hall–Kier alpha value is -0.860. The number of likely N-dealkylation sites (N-methyl/N-ethyl adjacent to an activating group) is 1. The fourth-order valence-electron chi connectivity index (χ4n) is 2.43. The zero-order valence-electron chi connectivity index (χ0n) is 9.61. The second-order valence-corrected chi connectivity index (χ2v) is 4.38. The first kappa shape index (κ1) is 10.7. The summed E-state index contributed by atoms with van der Waals surface area (Å²) in [7, 11) is 2.06. The molecule has 1 aromatic carbocycles. The monoisotopic (exact) mass is 204 g/mol. The van der Waals surface area contributed by atoms with Crippen molar-refractivity contribution in [2.75, 3.05) is 13.6 Å². The van der Waals surface area contributed by atoms with Gasteiger partial charge in [0.25, 0.3) is 0 Å². The minimum Gasteiger partial charge on any atom is -0.315 e. The van der Waals surface area contributed by atoms with E-state index in [-0.39, 0.29) is 0 Å². The molecule has 0 bridgehead atoms. The Bertz CT molecular complexity index is 297. The van der Waals surface area contributed by atoms with Gasteiger partial charge in [-0.2, -0.15) is 0 Å². The van der Waals surface area contributed by atoms with E-state index in [4.69, 9.17) is 0 Å². The van der Waals surface area contributed by atoms with E-state index >= 15 is 0 Å². The first-order valence-corrected chi connectivity index (χ1v) is 5.76. The number of rotatable bonds is 3. The smallest absolute Gasteiger partial charge is 0.0237 e. The van der Waals surface area contributed by atoms with Crippen molar-refractivity contribution >= 4 is 0 Å². The molecular weight excluding hydrogens is 184 g/mol. The summed E-state index contributed by atoms with van der Waals surface area (Å²) in [4.78, 5) is 2.55. The Labute approximate surface area is 92.3 Å². The molecule has 2 atom stereocenters. The van der Waals surface area contributed by atoms with E-state index in [1.807, 2.05) is 0 Å². The lowest BCUT2D eigenvalue weighted by molar-refractivity contribution is 0.244. The van der Waals surface area contributed by atoms with Gasteiger partial charge in [0, 0.05) is 25.2 Å². The molecule has 0 spiro atoms. The standard InChI is InChI=1S/C13H20N2/c1-11-13(14-2)8-9-15(11)10-12-6-4-3-5-7-12/h3-7,11,13-14H,8-10H2,1-2H3. The average molecular weight is 204 g/mol. The lowest BCUT2D eigenvalue weighted by atomic mass is 10.1. The molecule has 0 amide bonds. The molecule has 1 N–H and O–H groups in total. The minimum absolute atomic E-state index is 0.648. The summed E-state index contributed by atoms with van der Waals surface area (Å²) in [5, 5.41) is 3.39. The Morgan fingerprint density at radius 1 is 1.33 bits per heavy atom. The fourth-order valence-corrected chi connectivity index (χ4v) is 2.43. The van der Waals surface area contributed by atoms with E-state index < -0.39 is 0 Å². The highest BCUT2D eigenvalue weighted by molar-refractivity contribution is 5.15. The third-order valence-electron chi connectivity index (χ3n) is 3.48. The lowest BCUT2D eigenvalue weighted by Crippen LogP contribution is -2.38. The second-order valence-electron chi connectivity index (χ2n) is 4.38. The first-order valence-electron chi connectivity index (χ1n) is 5.76. The summed E-state index contributed by atoms with van der Waals surface area (Å²) in [5.74, 6) is 0. The van der Waals surface area contributed by atoms with Crippen LogP contribution in [0.15, 0.2) is 30.3 Å². The topological polar surface area (TPSA) is 15.3 Å². The van der Waals surface area contributed by atoms with Crippen molar-refractivity contribution in [3.63, 3.8) is 0 Å². The Morgan fingerprint density at radius 3 is 2.67 bits per heavy atom. The van der Waals surface area contributed by atoms with Crippen LogP contribution in [-0.4, -0.2) is 30.6 Å². The molecular formula is C13H20N2. The molecule has 1 aromatic rings. The molecule has 15 heavy (non-hydrogen) atoms. The van der Waals surface area contributed by atoms with Gasteiger partial charge in [-0.3, -0.25) is 4.90 Å². The normalized spacial score (nSPS) is 27.1. The molecule has 0 radical (unpaired) electrons. The SMILES string of the molecule is CNC1CCN(Cc2ccccc2)C1C. The van der Waals surface area contributed by atoms with Gasteiger partial charge in [0.15, 0.2) is 0 Å². The molecule has 1 fully saturated rings. The predicted octanol–water partition coefficient (Wildman–Crippen LogP) is 1.87. The van der Waals surface area contributed by atoms with Gasteiger partial charge in [-0.15, -0.1) is 0 Å². The van der Waals surface area contributed by atoms with Gasteiger partial charge < -0.3 is 5.32 Å². The zero-order chi connectivity index (χ0) is 10.7. The van der Waals surface area contributed by atoms with Gasteiger partial charge in [-0.1, -0.05) is 30.3 Å². The maximum atomic E-state index is 3.39. The number of hydrogen-bond acceptors (Lipinski definition) is 2. The third kappa shape index (κ3) is 2.39. The zero-order valence-corrected chi connectivity index (χ0v) is 9.61. The van der Waals surface area contributed by atoms with Gasteiger partial charge in [0.05, 0.1) is 0 Å². The first-order chi connectivity index (χ1) is 7.31. The van der Waals surface area contributed by atoms with Crippen molar-refractivity contribution in [1.82, 2.24) is 10.2 Å². The molecule has 1 heterocycles. The minimum atomic E-state index is 0.648. The second kappa shape index (κ2) is 4.77. The highest BCUT2D eigenvalue weighted by Crippen LogP contribution is 2.19. The van der Waals surface area contributed by atoms with Crippen LogP contribution in [0.25, 0.3) is 0 Å². The Kier molecular flexibility index (Phi) is 3.39. The molecule has 1 aliphatic rings. The predicted molar refractivity (Wildman–Crippen MR) is 63.8 cm³/mol. The maximum absolute atomic E-state index is 3.39. The van der Waals surface area contributed by atoms with Crippen LogP contribution in [0.2, 0.25) is 0 Å². The third-order valence-corrected chi connectivity index (χ3v) is 3.48. The number of nitrogens with one attached hydrogen (secondary N) is 1. The van der Waals surface area contributed by atoms with E-state index in [0.29, 0.717) is 12.1 Å². The molecule has 82 valence electrons. The van der Waals surface area contributed by atoms with E-state index in [1.54, 1.807) is 0 Å². The van der Waals surface area contributed by atoms with Crippen LogP contribution in [-0.2, 0) is 6.54 Å². The summed E-state index contributed by atoms with van der Waals surface area (Å²) in [5.41, 5.74) is 1.42. The van der Waals surface area contributed by atoms with Crippen LogP contribution in [0.5, 0.6) is 0 Å². The Morgan fingerprint density at radius 2 is 2.07 bits per heavy atom. The number of nitrogens with zero attached hydrogens (tertiary/aromatic N) is 1. The summed E-state index contributed by atoms with van der Waals surface area (Å²) in [6.07, 6.45) is 1.27. The molecule has 0 aromatic heterocycles. The van der Waals surface area contributed by atoms with Crippen molar-refractivity contribution in [2.24, 2.45) is 0 Å². The number of benzene rings is 1. The van der Waals surface area contributed by atoms with Crippen molar-refractivity contribution in [3.05, 3.63) is 35.9 Å². The van der Waals surface area contributed by atoms with Crippen molar-refractivity contribution in [3.8, 4) is 0 Å². The summed E-state index contributed by atoms with van der Waals surface area (Å²) in [6.45, 7) is 4.61. The van der Waals surface area contributed by atoms with Crippen LogP contribution < -0.4 is 5.32 Å². The highest BCUT2D eigenvalue weighted by atomic mass is 15.2.